The maximum absolute atomic E-state index is 13.5. The summed E-state index contributed by atoms with van der Waals surface area (Å²) in [4.78, 5) is 33.3. The van der Waals surface area contributed by atoms with Crippen molar-refractivity contribution in [2.24, 2.45) is 5.92 Å². The molecule has 3 aromatic rings. The van der Waals surface area contributed by atoms with Crippen molar-refractivity contribution in [3.8, 4) is 11.5 Å². The zero-order valence-electron chi connectivity index (χ0n) is 21.6. The van der Waals surface area contributed by atoms with Crippen LogP contribution in [0.4, 0.5) is 0 Å². The van der Waals surface area contributed by atoms with Gasteiger partial charge in [0.15, 0.2) is 5.82 Å². The molecule has 0 saturated carbocycles. The first-order valence-corrected chi connectivity index (χ1v) is 13.5. The fraction of sp³-hybridized carbons (Fsp3) is 0.500. The number of rotatable bonds is 9. The summed E-state index contributed by atoms with van der Waals surface area (Å²) < 4.78 is 8.46. The summed E-state index contributed by atoms with van der Waals surface area (Å²) in [5.41, 5.74) is 1.30. The number of pyridine rings is 1. The lowest BCUT2D eigenvalue weighted by atomic mass is 10.1. The largest absolute Gasteiger partial charge is 0.378 e. The summed E-state index contributed by atoms with van der Waals surface area (Å²) in [6.45, 7) is 7.89. The minimum absolute atomic E-state index is 0.0322. The first-order valence-electron chi connectivity index (χ1n) is 13.1. The van der Waals surface area contributed by atoms with Gasteiger partial charge in [-0.05, 0) is 61.9 Å². The first kappa shape index (κ1) is 25.8. The quantitative estimate of drug-likeness (QED) is 0.421. The van der Waals surface area contributed by atoms with E-state index in [9.17, 15) is 9.59 Å². The number of ketones is 1. The highest BCUT2D eigenvalue weighted by molar-refractivity contribution is 6.30. The maximum Gasteiger partial charge on any atom is 0.356 e. The number of hydrogen-bond acceptors (Lipinski definition) is 6. The van der Waals surface area contributed by atoms with Gasteiger partial charge in [0.1, 0.15) is 11.6 Å². The number of carbonyl (C=O) groups excluding carboxylic acids is 1. The van der Waals surface area contributed by atoms with Crippen molar-refractivity contribution in [1.29, 1.82) is 0 Å². The average Bonchev–Trinajstić information content (AvgIpc) is 3.30. The van der Waals surface area contributed by atoms with Crippen molar-refractivity contribution in [1.82, 2.24) is 24.2 Å². The molecule has 2 fully saturated rings. The van der Waals surface area contributed by atoms with Crippen LogP contribution in [0.2, 0.25) is 5.02 Å². The van der Waals surface area contributed by atoms with E-state index in [-0.39, 0.29) is 23.8 Å². The number of aromatic nitrogens is 4. The Labute approximate surface area is 222 Å². The minimum Gasteiger partial charge on any atom is -0.378 e. The third-order valence-electron chi connectivity index (χ3n) is 7.27. The van der Waals surface area contributed by atoms with Crippen molar-refractivity contribution in [3.05, 3.63) is 69.5 Å². The van der Waals surface area contributed by atoms with Crippen LogP contribution in [0.25, 0.3) is 11.5 Å². The number of hydrogen-bond donors (Lipinski definition) is 0. The number of Topliss-reactive ketones (excluding diaryl/α,β-unsaturated/α-hetero) is 1. The van der Waals surface area contributed by atoms with Gasteiger partial charge in [-0.15, -0.1) is 5.10 Å². The van der Waals surface area contributed by atoms with E-state index in [1.165, 1.54) is 22.1 Å². The average molecular weight is 524 g/mol. The highest BCUT2D eigenvalue weighted by atomic mass is 35.5. The SMILES string of the molecule is CC(C)CC(=O)Cc1nn(-c2ccc(CC(C)N3C4CCC3COC4)cn2)c(=O)n1-c1cccc(Cl)c1. The second-order valence-electron chi connectivity index (χ2n) is 10.7. The molecule has 9 heteroatoms. The molecule has 196 valence electrons. The van der Waals surface area contributed by atoms with E-state index in [0.29, 0.717) is 46.9 Å². The van der Waals surface area contributed by atoms with Gasteiger partial charge in [0, 0.05) is 35.8 Å². The van der Waals surface area contributed by atoms with Crippen LogP contribution >= 0.6 is 11.6 Å². The molecule has 0 N–H and O–H groups in total. The summed E-state index contributed by atoms with van der Waals surface area (Å²) in [5.74, 6) is 1.06. The Hall–Kier alpha value is -2.81. The van der Waals surface area contributed by atoms with Crippen molar-refractivity contribution in [2.45, 2.75) is 71.0 Å². The lowest BCUT2D eigenvalue weighted by Crippen LogP contribution is -2.50. The summed E-state index contributed by atoms with van der Waals surface area (Å²) in [6.07, 6.45) is 5.58. The van der Waals surface area contributed by atoms with E-state index in [1.54, 1.807) is 24.3 Å². The van der Waals surface area contributed by atoms with Crippen LogP contribution in [0.15, 0.2) is 47.4 Å². The number of morpholine rings is 1. The van der Waals surface area contributed by atoms with Gasteiger partial charge in [-0.2, -0.15) is 4.68 Å². The molecule has 37 heavy (non-hydrogen) atoms. The van der Waals surface area contributed by atoms with E-state index >= 15 is 0 Å². The number of ether oxygens (including phenoxy) is 1. The Bertz CT molecular complexity index is 1300. The zero-order valence-corrected chi connectivity index (χ0v) is 22.4. The molecule has 8 nitrogen and oxygen atoms in total. The molecule has 0 aliphatic carbocycles. The third kappa shape index (κ3) is 5.56. The van der Waals surface area contributed by atoms with E-state index in [2.05, 4.69) is 21.9 Å². The van der Waals surface area contributed by atoms with Crippen LogP contribution < -0.4 is 5.69 Å². The molecule has 3 atom stereocenters. The summed E-state index contributed by atoms with van der Waals surface area (Å²) in [5, 5.41) is 5.05. The summed E-state index contributed by atoms with van der Waals surface area (Å²) >= 11 is 6.20. The van der Waals surface area contributed by atoms with Gasteiger partial charge in [0.05, 0.1) is 25.3 Å². The molecule has 2 aromatic heterocycles. The second kappa shape index (κ2) is 10.9. The number of benzene rings is 1. The molecule has 0 radical (unpaired) electrons. The van der Waals surface area contributed by atoms with E-state index in [4.69, 9.17) is 16.3 Å². The summed E-state index contributed by atoms with van der Waals surface area (Å²) in [6, 6.07) is 12.2. The number of carbonyl (C=O) groups is 1. The van der Waals surface area contributed by atoms with Gasteiger partial charge < -0.3 is 4.74 Å². The van der Waals surface area contributed by atoms with Crippen molar-refractivity contribution < 1.29 is 9.53 Å². The van der Waals surface area contributed by atoms with E-state index in [0.717, 1.165) is 25.2 Å². The predicted molar refractivity (Wildman–Crippen MR) is 143 cm³/mol. The molecule has 3 unspecified atom stereocenters. The van der Waals surface area contributed by atoms with Crippen LogP contribution in [-0.2, 0) is 22.4 Å². The van der Waals surface area contributed by atoms with E-state index in [1.807, 2.05) is 32.2 Å². The molecular formula is C28H34ClN5O3. The number of fused-ring (bicyclic) bond motifs is 2. The highest BCUT2D eigenvalue weighted by Gasteiger charge is 2.39. The van der Waals surface area contributed by atoms with Gasteiger partial charge in [-0.3, -0.25) is 9.69 Å². The highest BCUT2D eigenvalue weighted by Crippen LogP contribution is 2.31. The Kier molecular flexibility index (Phi) is 7.60. The molecule has 0 amide bonds. The number of nitrogens with zero attached hydrogens (tertiary/aromatic N) is 5. The van der Waals surface area contributed by atoms with Gasteiger partial charge in [-0.25, -0.2) is 14.3 Å². The van der Waals surface area contributed by atoms with Crippen LogP contribution in [-0.4, -0.2) is 61.4 Å². The van der Waals surface area contributed by atoms with Gasteiger partial charge >= 0.3 is 5.69 Å². The molecule has 2 aliphatic rings. The molecule has 4 heterocycles. The summed E-state index contributed by atoms with van der Waals surface area (Å²) in [7, 11) is 0. The fourth-order valence-corrected chi connectivity index (χ4v) is 5.92. The standard InChI is InChI=1S/C28H34ClN5O3/c1-18(2)11-25(35)14-27-31-34(28(36)33(27)22-6-4-5-21(29)13-22)26-10-7-20(15-30-26)12-19(3)32-23-8-9-24(32)17-37-16-23/h4-7,10,13,15,18-19,23-24H,8-9,11-12,14,16-17H2,1-3H3. The van der Waals surface area contributed by atoms with Crippen molar-refractivity contribution >= 4 is 17.4 Å². The molecular weight excluding hydrogens is 490 g/mol. The lowest BCUT2D eigenvalue weighted by Gasteiger charge is -2.39. The Balaban J connectivity index is 1.41. The van der Waals surface area contributed by atoms with E-state index < -0.39 is 0 Å². The Morgan fingerprint density at radius 1 is 1.14 bits per heavy atom. The van der Waals surface area contributed by atoms with Crippen LogP contribution in [0.5, 0.6) is 0 Å². The molecule has 2 saturated heterocycles. The monoisotopic (exact) mass is 523 g/mol. The normalized spacial score (nSPS) is 20.5. The predicted octanol–water partition coefficient (Wildman–Crippen LogP) is 4.02. The number of halogens is 1. The smallest absolute Gasteiger partial charge is 0.356 e. The third-order valence-corrected chi connectivity index (χ3v) is 7.50. The molecule has 5 rings (SSSR count). The van der Waals surface area contributed by atoms with Crippen molar-refractivity contribution in [2.75, 3.05) is 13.2 Å². The molecule has 1 aromatic carbocycles. The fourth-order valence-electron chi connectivity index (χ4n) is 5.74. The van der Waals surface area contributed by atoms with Gasteiger partial charge in [-0.1, -0.05) is 37.6 Å². The molecule has 0 spiro atoms. The maximum atomic E-state index is 13.5. The minimum atomic E-state index is -0.381. The topological polar surface area (TPSA) is 82.2 Å². The molecule has 2 bridgehead atoms. The lowest BCUT2D eigenvalue weighted by molar-refractivity contribution is -0.119. The van der Waals surface area contributed by atoms with Gasteiger partial charge in [0.25, 0.3) is 0 Å². The Morgan fingerprint density at radius 3 is 2.54 bits per heavy atom. The Morgan fingerprint density at radius 2 is 1.89 bits per heavy atom. The van der Waals surface area contributed by atoms with Crippen LogP contribution in [0, 0.1) is 5.92 Å². The zero-order chi connectivity index (χ0) is 26.1. The van der Waals surface area contributed by atoms with Crippen molar-refractivity contribution in [3.63, 3.8) is 0 Å². The second-order valence-corrected chi connectivity index (χ2v) is 11.1. The first-order chi connectivity index (χ1) is 17.8. The van der Waals surface area contributed by atoms with Gasteiger partial charge in [0.2, 0.25) is 0 Å². The van der Waals surface area contributed by atoms with Crippen LogP contribution in [0.1, 0.15) is 51.4 Å². The van der Waals surface area contributed by atoms with Crippen LogP contribution in [0.3, 0.4) is 0 Å². The molecule has 2 aliphatic heterocycles.